The Hall–Kier alpha value is -1.25. The zero-order chi connectivity index (χ0) is 14.3. The normalized spacial score (nSPS) is 11.9. The van der Waals surface area contributed by atoms with Crippen LogP contribution in [0.15, 0.2) is 24.3 Å². The lowest BCUT2D eigenvalue weighted by Gasteiger charge is -2.09. The second-order valence-corrected chi connectivity index (χ2v) is 5.63. The highest BCUT2D eigenvalue weighted by atomic mass is 32.2. The molecule has 0 bridgehead atoms. The van der Waals surface area contributed by atoms with Gasteiger partial charge >= 0.3 is 0 Å². The van der Waals surface area contributed by atoms with Gasteiger partial charge in [0.25, 0.3) is 6.43 Å². The highest BCUT2D eigenvalue weighted by Gasteiger charge is 2.12. The van der Waals surface area contributed by atoms with E-state index in [0.29, 0.717) is 11.3 Å². The maximum atomic E-state index is 11.8. The second kappa shape index (κ2) is 7.37. The van der Waals surface area contributed by atoms with Crippen molar-refractivity contribution < 1.29 is 21.9 Å². The molecule has 0 fully saturated rings. The molecule has 0 aliphatic rings. The summed E-state index contributed by atoms with van der Waals surface area (Å²) in [5.41, 5.74) is 6.52. The third-order valence-corrected chi connectivity index (χ3v) is 3.55. The van der Waals surface area contributed by atoms with Crippen LogP contribution in [0.5, 0.6) is 0 Å². The van der Waals surface area contributed by atoms with Gasteiger partial charge in [-0.05, 0) is 11.6 Å². The average Bonchev–Trinajstić information content (AvgIpc) is 2.31. The second-order valence-electron chi connectivity index (χ2n) is 3.82. The number of hydrogen-bond acceptors (Lipinski definition) is 4. The van der Waals surface area contributed by atoms with Crippen LogP contribution in [0, 0.1) is 0 Å². The lowest BCUT2D eigenvalue weighted by Crippen LogP contribution is -2.29. The Kier molecular flexibility index (Phi) is 6.13. The molecule has 8 heteroatoms. The smallest absolute Gasteiger partial charge is 0.261 e. The Balaban J connectivity index is 2.38. The molecule has 19 heavy (non-hydrogen) atoms. The van der Waals surface area contributed by atoms with E-state index in [1.807, 2.05) is 0 Å². The first kappa shape index (κ1) is 15.8. The molecule has 5 nitrogen and oxygen atoms in total. The maximum Gasteiger partial charge on any atom is 0.261 e. The Morgan fingerprint density at radius 3 is 2.63 bits per heavy atom. The van der Waals surface area contributed by atoms with Gasteiger partial charge in [0.2, 0.25) is 10.0 Å². The molecule has 0 heterocycles. The number of benzene rings is 1. The van der Waals surface area contributed by atoms with E-state index >= 15 is 0 Å². The first-order valence-corrected chi connectivity index (χ1v) is 7.22. The van der Waals surface area contributed by atoms with Crippen molar-refractivity contribution >= 4 is 15.7 Å². The molecule has 0 saturated heterocycles. The molecule has 0 spiro atoms. The third-order valence-electron chi connectivity index (χ3n) is 2.21. The first-order valence-electron chi connectivity index (χ1n) is 5.57. The summed E-state index contributed by atoms with van der Waals surface area (Å²) in [6.45, 7) is -0.858. The number of nitrogen functional groups attached to an aromatic ring is 1. The number of nitrogens with one attached hydrogen (secondary N) is 1. The SMILES string of the molecule is Nc1ccccc1CS(=O)(=O)NCCOCC(F)F. The molecular weight excluding hydrogens is 278 g/mol. The van der Waals surface area contributed by atoms with Gasteiger partial charge in [0.1, 0.15) is 6.61 Å². The molecule has 0 radical (unpaired) electrons. The minimum absolute atomic E-state index is 0.0538. The van der Waals surface area contributed by atoms with Crippen LogP contribution in [0.25, 0.3) is 0 Å². The van der Waals surface area contributed by atoms with Crippen molar-refractivity contribution in [1.82, 2.24) is 4.72 Å². The molecule has 3 N–H and O–H groups in total. The topological polar surface area (TPSA) is 81.4 Å². The summed E-state index contributed by atoms with van der Waals surface area (Å²) < 4.78 is 53.7. The van der Waals surface area contributed by atoms with Crippen LogP contribution in [0.4, 0.5) is 14.5 Å². The van der Waals surface area contributed by atoms with Crippen LogP contribution in [-0.2, 0) is 20.5 Å². The lowest BCUT2D eigenvalue weighted by atomic mass is 10.2. The standard InChI is InChI=1S/C11H16F2N2O3S/c12-11(13)7-18-6-5-15-19(16,17)8-9-3-1-2-4-10(9)14/h1-4,11,15H,5-8,14H2. The van der Waals surface area contributed by atoms with E-state index in [2.05, 4.69) is 9.46 Å². The van der Waals surface area contributed by atoms with Gasteiger partial charge in [-0.3, -0.25) is 0 Å². The highest BCUT2D eigenvalue weighted by molar-refractivity contribution is 7.88. The lowest BCUT2D eigenvalue weighted by molar-refractivity contribution is 0.0199. The fourth-order valence-electron chi connectivity index (χ4n) is 1.36. The molecule has 1 aromatic carbocycles. The fourth-order valence-corrected chi connectivity index (χ4v) is 2.53. The minimum atomic E-state index is -3.56. The van der Waals surface area contributed by atoms with Gasteiger partial charge in [0.15, 0.2) is 0 Å². The molecule has 0 saturated carbocycles. The number of hydrogen-bond donors (Lipinski definition) is 2. The summed E-state index contributed by atoms with van der Waals surface area (Å²) in [6, 6.07) is 6.61. The first-order chi connectivity index (χ1) is 8.91. The van der Waals surface area contributed by atoms with E-state index in [4.69, 9.17) is 5.73 Å². The number of ether oxygens (including phenoxy) is 1. The van der Waals surface area contributed by atoms with E-state index in [1.165, 1.54) is 0 Å². The molecule has 0 atom stereocenters. The summed E-state index contributed by atoms with van der Waals surface area (Å²) in [7, 11) is -3.56. The van der Waals surface area contributed by atoms with Gasteiger partial charge in [-0.15, -0.1) is 0 Å². The predicted molar refractivity (Wildman–Crippen MR) is 68.3 cm³/mol. The van der Waals surface area contributed by atoms with Crippen molar-refractivity contribution in [3.63, 3.8) is 0 Å². The average molecular weight is 294 g/mol. The molecule has 0 amide bonds. The third kappa shape index (κ3) is 6.46. The van der Waals surface area contributed by atoms with E-state index in [1.54, 1.807) is 24.3 Å². The van der Waals surface area contributed by atoms with Gasteiger partial charge < -0.3 is 10.5 Å². The summed E-state index contributed by atoms with van der Waals surface area (Å²) in [4.78, 5) is 0. The van der Waals surface area contributed by atoms with E-state index < -0.39 is 23.1 Å². The zero-order valence-electron chi connectivity index (χ0n) is 10.2. The van der Waals surface area contributed by atoms with Gasteiger partial charge in [-0.25, -0.2) is 21.9 Å². The van der Waals surface area contributed by atoms with Crippen molar-refractivity contribution in [3.8, 4) is 0 Å². The van der Waals surface area contributed by atoms with Crippen LogP contribution in [-0.4, -0.2) is 34.6 Å². The van der Waals surface area contributed by atoms with Crippen molar-refractivity contribution in [3.05, 3.63) is 29.8 Å². The van der Waals surface area contributed by atoms with Gasteiger partial charge in [0.05, 0.1) is 12.4 Å². The monoisotopic (exact) mass is 294 g/mol. The fraction of sp³-hybridized carbons (Fsp3) is 0.455. The van der Waals surface area contributed by atoms with Crippen molar-refractivity contribution in [2.75, 3.05) is 25.5 Å². The molecule has 0 aliphatic carbocycles. The number of para-hydroxylation sites is 1. The van der Waals surface area contributed by atoms with Crippen molar-refractivity contribution in [2.45, 2.75) is 12.2 Å². The number of rotatable bonds is 8. The predicted octanol–water partition coefficient (Wildman–Crippen LogP) is 0.970. The minimum Gasteiger partial charge on any atom is -0.398 e. The van der Waals surface area contributed by atoms with Crippen molar-refractivity contribution in [2.24, 2.45) is 0 Å². The quantitative estimate of drug-likeness (QED) is 0.553. The molecule has 0 unspecified atom stereocenters. The van der Waals surface area contributed by atoms with Crippen molar-refractivity contribution in [1.29, 1.82) is 0 Å². The summed E-state index contributed by atoms with van der Waals surface area (Å²) in [5.74, 6) is -0.255. The van der Waals surface area contributed by atoms with Gasteiger partial charge in [0, 0.05) is 12.2 Å². The van der Waals surface area contributed by atoms with Crippen LogP contribution in [0.3, 0.4) is 0 Å². The van der Waals surface area contributed by atoms with E-state index in [-0.39, 0.29) is 18.9 Å². The number of nitrogens with two attached hydrogens (primary N) is 1. The summed E-state index contributed by atoms with van der Waals surface area (Å²) in [6.07, 6.45) is -2.55. The van der Waals surface area contributed by atoms with Crippen LogP contribution in [0.1, 0.15) is 5.56 Å². The molecule has 0 aliphatic heterocycles. The molecule has 108 valence electrons. The highest BCUT2D eigenvalue weighted by Crippen LogP contribution is 2.13. The summed E-state index contributed by atoms with van der Waals surface area (Å²) in [5, 5.41) is 0. The zero-order valence-corrected chi connectivity index (χ0v) is 11.0. The number of anilines is 1. The van der Waals surface area contributed by atoms with Crippen LogP contribution >= 0.6 is 0 Å². The van der Waals surface area contributed by atoms with Crippen LogP contribution < -0.4 is 10.5 Å². The molecule has 0 aromatic heterocycles. The summed E-state index contributed by atoms with van der Waals surface area (Å²) >= 11 is 0. The largest absolute Gasteiger partial charge is 0.398 e. The molecule has 1 rings (SSSR count). The number of halogens is 2. The maximum absolute atomic E-state index is 11.8. The van der Waals surface area contributed by atoms with E-state index in [0.717, 1.165) is 0 Å². The van der Waals surface area contributed by atoms with Gasteiger partial charge in [-0.2, -0.15) is 0 Å². The Bertz CT molecular complexity index is 494. The molecular formula is C11H16F2N2O3S. The Morgan fingerprint density at radius 2 is 2.00 bits per heavy atom. The number of sulfonamides is 1. The Labute approximate surface area is 110 Å². The number of alkyl halides is 2. The van der Waals surface area contributed by atoms with Gasteiger partial charge in [-0.1, -0.05) is 18.2 Å². The van der Waals surface area contributed by atoms with Crippen LogP contribution in [0.2, 0.25) is 0 Å². The molecule has 1 aromatic rings. The Morgan fingerprint density at radius 1 is 1.32 bits per heavy atom. The van der Waals surface area contributed by atoms with E-state index in [9.17, 15) is 17.2 Å².